The largest absolute Gasteiger partial charge is 0.381 e. The summed E-state index contributed by atoms with van der Waals surface area (Å²) in [5.41, 5.74) is 2.26. The summed E-state index contributed by atoms with van der Waals surface area (Å²) in [5, 5.41) is 17.1. The molecular weight excluding hydrogens is 482 g/mol. The first-order valence-corrected chi connectivity index (χ1v) is 15.6. The number of pyridine rings is 1. The lowest BCUT2D eigenvalue weighted by Gasteiger charge is -2.61. The molecule has 2 aromatic rings. The summed E-state index contributed by atoms with van der Waals surface area (Å²) < 4.78 is 7.55. The number of fused-ring (bicyclic) bond motifs is 5. The molecule has 4 fully saturated rings. The number of rotatable bonds is 7. The van der Waals surface area contributed by atoms with E-state index in [0.29, 0.717) is 28.5 Å². The number of hydrogen-bond donors (Lipinski definition) is 1. The molecule has 0 aliphatic heterocycles. The summed E-state index contributed by atoms with van der Waals surface area (Å²) in [7, 11) is 0. The van der Waals surface area contributed by atoms with Gasteiger partial charge >= 0.3 is 0 Å². The van der Waals surface area contributed by atoms with Gasteiger partial charge in [-0.05, 0) is 136 Å². The molecular formula is C33H47N5O. The van der Waals surface area contributed by atoms with E-state index in [4.69, 9.17) is 15.0 Å². The average Bonchev–Trinajstić information content (AvgIpc) is 3.56. The number of nitriles is 1. The van der Waals surface area contributed by atoms with Crippen molar-refractivity contribution < 1.29 is 4.74 Å². The minimum absolute atomic E-state index is 0.394. The molecule has 4 aliphatic rings. The minimum Gasteiger partial charge on any atom is -0.381 e. The third-order valence-electron chi connectivity index (χ3n) is 12.1. The lowest BCUT2D eigenvalue weighted by atomic mass is 9.44. The van der Waals surface area contributed by atoms with E-state index in [-0.39, 0.29) is 0 Å². The maximum atomic E-state index is 9.06. The van der Waals surface area contributed by atoms with E-state index in [1.54, 1.807) is 10.7 Å². The van der Waals surface area contributed by atoms with E-state index < -0.39 is 0 Å². The van der Waals surface area contributed by atoms with Gasteiger partial charge in [0.05, 0.1) is 11.9 Å². The number of hydrogen-bond acceptors (Lipinski definition) is 5. The lowest BCUT2D eigenvalue weighted by molar-refractivity contribution is -0.122. The Morgan fingerprint density at radius 3 is 2.64 bits per heavy atom. The van der Waals surface area contributed by atoms with Gasteiger partial charge in [-0.1, -0.05) is 13.8 Å². The first kappa shape index (κ1) is 26.8. The van der Waals surface area contributed by atoms with Crippen LogP contribution in [0.4, 0.5) is 5.82 Å². The van der Waals surface area contributed by atoms with Crippen LogP contribution in [-0.2, 0) is 4.74 Å². The van der Waals surface area contributed by atoms with Gasteiger partial charge in [0.2, 0.25) is 0 Å². The standard InChI is InChI=1S/C33H47N5O/c1-5-39-21-23-12-15-32(3)24(18-23)6-8-27-29-10-9-28(33(29,4)16-13-30(27)32)22(2)36-31-11-7-26(20-35-31)38-17-14-25(19-34)37-38/h7,11,14,17,20,22-24,27-30H,5-6,8-10,12-13,15-16,18,21H2,1-4H3,(H,35,36). The third-order valence-corrected chi connectivity index (χ3v) is 12.1. The van der Waals surface area contributed by atoms with Gasteiger partial charge in [0.1, 0.15) is 11.9 Å². The number of ether oxygens (including phenoxy) is 1. The fourth-order valence-corrected chi connectivity index (χ4v) is 10.1. The highest BCUT2D eigenvalue weighted by Gasteiger charge is 2.60. The molecule has 0 radical (unpaired) electrons. The SMILES string of the molecule is CCOCC1CCC2(C)C(CCC3C2CCC2(C)C(C(C)Nc4ccc(-n5ccc(C#N)n5)cn4)CCC32)C1. The van der Waals surface area contributed by atoms with Crippen molar-refractivity contribution in [2.45, 2.75) is 91.5 Å². The summed E-state index contributed by atoms with van der Waals surface area (Å²) in [6.07, 6.45) is 16.3. The molecule has 6 rings (SSSR count). The van der Waals surface area contributed by atoms with Crippen molar-refractivity contribution in [3.8, 4) is 11.8 Å². The summed E-state index contributed by atoms with van der Waals surface area (Å²) in [6.45, 7) is 11.7. The molecule has 0 bridgehead atoms. The van der Waals surface area contributed by atoms with Crippen molar-refractivity contribution >= 4 is 5.82 Å². The fraction of sp³-hybridized carbons (Fsp3) is 0.727. The average molecular weight is 530 g/mol. The van der Waals surface area contributed by atoms with Gasteiger partial charge in [0.15, 0.2) is 5.69 Å². The second-order valence-electron chi connectivity index (χ2n) is 13.8. The Morgan fingerprint density at radius 2 is 1.90 bits per heavy atom. The van der Waals surface area contributed by atoms with Crippen molar-refractivity contribution in [1.29, 1.82) is 5.26 Å². The Morgan fingerprint density at radius 1 is 1.08 bits per heavy atom. The predicted octanol–water partition coefficient (Wildman–Crippen LogP) is 7.25. The summed E-state index contributed by atoms with van der Waals surface area (Å²) in [4.78, 5) is 4.71. The molecule has 6 heteroatoms. The second-order valence-corrected chi connectivity index (χ2v) is 13.8. The van der Waals surface area contributed by atoms with E-state index in [0.717, 1.165) is 54.3 Å². The number of aromatic nitrogens is 3. The Hall–Kier alpha value is -2.39. The Balaban J connectivity index is 1.11. The van der Waals surface area contributed by atoms with Gasteiger partial charge in [-0.2, -0.15) is 10.4 Å². The van der Waals surface area contributed by atoms with E-state index in [9.17, 15) is 0 Å². The van der Waals surface area contributed by atoms with Gasteiger partial charge in [0, 0.05) is 25.5 Å². The second kappa shape index (κ2) is 10.5. The van der Waals surface area contributed by atoms with Crippen LogP contribution in [0.2, 0.25) is 0 Å². The van der Waals surface area contributed by atoms with E-state index in [2.05, 4.69) is 50.2 Å². The molecule has 0 aromatic carbocycles. The van der Waals surface area contributed by atoms with Gasteiger partial charge in [0.25, 0.3) is 0 Å². The Kier molecular flexibility index (Phi) is 7.25. The topological polar surface area (TPSA) is 75.8 Å². The van der Waals surface area contributed by atoms with Crippen molar-refractivity contribution in [3.63, 3.8) is 0 Å². The first-order valence-electron chi connectivity index (χ1n) is 15.6. The van der Waals surface area contributed by atoms with Crippen LogP contribution < -0.4 is 5.32 Å². The minimum atomic E-state index is 0.394. The third kappa shape index (κ3) is 4.69. The highest BCUT2D eigenvalue weighted by Crippen LogP contribution is 2.68. The highest BCUT2D eigenvalue weighted by atomic mass is 16.5. The monoisotopic (exact) mass is 529 g/mol. The molecule has 2 heterocycles. The van der Waals surface area contributed by atoms with Crippen LogP contribution in [0.3, 0.4) is 0 Å². The fourth-order valence-electron chi connectivity index (χ4n) is 10.1. The molecule has 9 unspecified atom stereocenters. The first-order chi connectivity index (χ1) is 18.9. The lowest BCUT2D eigenvalue weighted by Crippen LogP contribution is -2.54. The van der Waals surface area contributed by atoms with Crippen molar-refractivity contribution in [1.82, 2.24) is 14.8 Å². The number of nitrogens with zero attached hydrogens (tertiary/aromatic N) is 4. The maximum absolute atomic E-state index is 9.06. The van der Waals surface area contributed by atoms with E-state index in [1.807, 2.05) is 18.5 Å². The van der Waals surface area contributed by atoms with Crippen LogP contribution in [0, 0.1) is 57.7 Å². The summed E-state index contributed by atoms with van der Waals surface area (Å²) >= 11 is 0. The van der Waals surface area contributed by atoms with Crippen LogP contribution >= 0.6 is 0 Å². The van der Waals surface area contributed by atoms with Crippen molar-refractivity contribution in [3.05, 3.63) is 36.3 Å². The van der Waals surface area contributed by atoms with Crippen molar-refractivity contribution in [2.75, 3.05) is 18.5 Å². The Bertz CT molecular complexity index is 1190. The summed E-state index contributed by atoms with van der Waals surface area (Å²) in [5.74, 6) is 6.00. The van der Waals surface area contributed by atoms with E-state index >= 15 is 0 Å². The zero-order chi connectivity index (χ0) is 27.2. The van der Waals surface area contributed by atoms with Crippen molar-refractivity contribution in [2.24, 2.45) is 46.3 Å². The smallest absolute Gasteiger partial charge is 0.162 e. The van der Waals surface area contributed by atoms with Crippen LogP contribution in [-0.4, -0.2) is 34.0 Å². The molecule has 4 saturated carbocycles. The molecule has 9 atom stereocenters. The molecule has 1 N–H and O–H groups in total. The van der Waals surface area contributed by atoms with Gasteiger partial charge < -0.3 is 10.1 Å². The molecule has 0 spiro atoms. The quantitative estimate of drug-likeness (QED) is 0.409. The molecule has 39 heavy (non-hydrogen) atoms. The molecule has 210 valence electrons. The normalized spacial score (nSPS) is 38.2. The van der Waals surface area contributed by atoms with Crippen LogP contribution in [0.5, 0.6) is 0 Å². The number of nitrogens with one attached hydrogen (secondary N) is 1. The molecule has 0 amide bonds. The molecule has 4 aliphatic carbocycles. The zero-order valence-corrected chi connectivity index (χ0v) is 24.4. The molecule has 0 saturated heterocycles. The maximum Gasteiger partial charge on any atom is 0.162 e. The predicted molar refractivity (Wildman–Crippen MR) is 154 cm³/mol. The number of anilines is 1. The van der Waals surface area contributed by atoms with Gasteiger partial charge in [-0.15, -0.1) is 0 Å². The Labute approximate surface area is 234 Å². The van der Waals surface area contributed by atoms with Crippen LogP contribution in [0.15, 0.2) is 30.6 Å². The van der Waals surface area contributed by atoms with Crippen LogP contribution in [0.1, 0.15) is 91.2 Å². The van der Waals surface area contributed by atoms with Gasteiger partial charge in [-0.25, -0.2) is 9.67 Å². The van der Waals surface area contributed by atoms with E-state index in [1.165, 1.54) is 57.8 Å². The highest BCUT2D eigenvalue weighted by molar-refractivity contribution is 5.41. The zero-order valence-electron chi connectivity index (χ0n) is 24.4. The van der Waals surface area contributed by atoms with Crippen LogP contribution in [0.25, 0.3) is 5.69 Å². The van der Waals surface area contributed by atoms with Gasteiger partial charge in [-0.3, -0.25) is 0 Å². The summed E-state index contributed by atoms with van der Waals surface area (Å²) in [6, 6.07) is 8.28. The molecule has 6 nitrogen and oxygen atoms in total. The molecule has 2 aromatic heterocycles.